The Balaban J connectivity index is 2.05. The Morgan fingerprint density at radius 3 is 2.31 bits per heavy atom. The van der Waals surface area contributed by atoms with E-state index in [1.54, 1.807) is 0 Å². The molecule has 16 heavy (non-hydrogen) atoms. The number of rotatable bonds is 4. The van der Waals surface area contributed by atoms with Gasteiger partial charge in [0.25, 0.3) is 0 Å². The highest BCUT2D eigenvalue weighted by Gasteiger charge is 2.26. The van der Waals surface area contributed by atoms with Crippen molar-refractivity contribution in [1.29, 1.82) is 0 Å². The van der Waals surface area contributed by atoms with E-state index in [0.717, 1.165) is 18.9 Å². The molecule has 1 aliphatic carbocycles. The number of halogens is 2. The van der Waals surface area contributed by atoms with E-state index in [2.05, 4.69) is 5.43 Å². The summed E-state index contributed by atoms with van der Waals surface area (Å²) < 4.78 is 26.0. The fraction of sp³-hybridized carbons (Fsp3) is 0.500. The zero-order valence-corrected chi connectivity index (χ0v) is 9.05. The summed E-state index contributed by atoms with van der Waals surface area (Å²) in [7, 11) is 0. The normalized spacial score (nSPS) is 18.2. The lowest BCUT2D eigenvalue weighted by molar-refractivity contribution is 0.228. The molecule has 2 rings (SSSR count). The molecule has 0 spiro atoms. The van der Waals surface area contributed by atoms with E-state index in [9.17, 15) is 8.78 Å². The van der Waals surface area contributed by atoms with Crippen LogP contribution in [0.3, 0.4) is 0 Å². The third kappa shape index (κ3) is 2.57. The molecule has 1 aromatic carbocycles. The maximum atomic E-state index is 13.0. The van der Waals surface area contributed by atoms with Crippen LogP contribution in [0, 0.1) is 17.6 Å². The van der Waals surface area contributed by atoms with Gasteiger partial charge in [0.2, 0.25) is 0 Å². The first-order chi connectivity index (χ1) is 7.69. The van der Waals surface area contributed by atoms with Crippen LogP contribution < -0.4 is 11.3 Å². The Morgan fingerprint density at radius 1 is 1.25 bits per heavy atom. The van der Waals surface area contributed by atoms with Crippen LogP contribution in [0.4, 0.5) is 8.78 Å². The zero-order valence-electron chi connectivity index (χ0n) is 9.05. The summed E-state index contributed by atoms with van der Waals surface area (Å²) in [6, 6.07) is 3.74. The summed E-state index contributed by atoms with van der Waals surface area (Å²) in [4.78, 5) is 0. The third-order valence-electron chi connectivity index (χ3n) is 3.31. The van der Waals surface area contributed by atoms with Crippen molar-refractivity contribution in [3.8, 4) is 0 Å². The molecular weight excluding hydrogens is 210 g/mol. The van der Waals surface area contributed by atoms with Gasteiger partial charge >= 0.3 is 0 Å². The van der Waals surface area contributed by atoms with Crippen molar-refractivity contribution in [3.63, 3.8) is 0 Å². The number of nitrogens with one attached hydrogen (secondary N) is 1. The summed E-state index contributed by atoms with van der Waals surface area (Å²) in [5.74, 6) is 4.95. The Bertz CT molecular complexity index is 344. The largest absolute Gasteiger partial charge is 0.271 e. The molecule has 0 bridgehead atoms. The Hall–Kier alpha value is -1.00. The molecule has 1 aliphatic rings. The van der Waals surface area contributed by atoms with Crippen molar-refractivity contribution < 1.29 is 8.78 Å². The molecule has 4 heteroatoms. The van der Waals surface area contributed by atoms with Crippen molar-refractivity contribution >= 4 is 0 Å². The molecule has 0 radical (unpaired) electrons. The van der Waals surface area contributed by atoms with Gasteiger partial charge in [0.15, 0.2) is 0 Å². The molecule has 88 valence electrons. The van der Waals surface area contributed by atoms with Gasteiger partial charge in [-0.15, -0.1) is 0 Å². The Morgan fingerprint density at radius 2 is 1.88 bits per heavy atom. The van der Waals surface area contributed by atoms with E-state index in [0.29, 0.717) is 17.9 Å². The summed E-state index contributed by atoms with van der Waals surface area (Å²) in [6.07, 6.45) is 4.09. The van der Waals surface area contributed by atoms with Crippen LogP contribution in [0.5, 0.6) is 0 Å². The predicted molar refractivity (Wildman–Crippen MR) is 58.5 cm³/mol. The molecule has 1 aromatic rings. The second kappa shape index (κ2) is 4.89. The van der Waals surface area contributed by atoms with Crippen LogP contribution in [-0.4, -0.2) is 6.04 Å². The molecule has 0 heterocycles. The molecule has 1 unspecified atom stereocenters. The van der Waals surface area contributed by atoms with Crippen LogP contribution in [-0.2, 0) is 6.42 Å². The van der Waals surface area contributed by atoms with Gasteiger partial charge in [0, 0.05) is 12.1 Å². The van der Waals surface area contributed by atoms with Gasteiger partial charge in [-0.05, 0) is 42.9 Å². The van der Waals surface area contributed by atoms with Crippen molar-refractivity contribution in [1.82, 2.24) is 5.43 Å². The predicted octanol–water partition coefficient (Wildman–Crippen LogP) is 2.14. The number of hydrogen-bond donors (Lipinski definition) is 2. The van der Waals surface area contributed by atoms with Crippen molar-refractivity contribution in [2.45, 2.75) is 31.7 Å². The second-order valence-electron chi connectivity index (χ2n) is 4.45. The molecule has 1 fully saturated rings. The zero-order chi connectivity index (χ0) is 11.5. The maximum Gasteiger partial charge on any atom is 0.126 e. The smallest absolute Gasteiger partial charge is 0.126 e. The third-order valence-corrected chi connectivity index (χ3v) is 3.31. The topological polar surface area (TPSA) is 38.0 Å². The number of benzene rings is 1. The average molecular weight is 226 g/mol. The lowest BCUT2D eigenvalue weighted by atomic mass is 9.78. The number of hydrazine groups is 1. The molecule has 0 aromatic heterocycles. The fourth-order valence-corrected chi connectivity index (χ4v) is 2.19. The van der Waals surface area contributed by atoms with Crippen molar-refractivity contribution in [3.05, 3.63) is 35.4 Å². The van der Waals surface area contributed by atoms with Gasteiger partial charge in [0.1, 0.15) is 11.6 Å². The second-order valence-corrected chi connectivity index (χ2v) is 4.45. The highest BCUT2D eigenvalue weighted by Crippen LogP contribution is 2.30. The first-order valence-corrected chi connectivity index (χ1v) is 5.60. The number of nitrogens with two attached hydrogens (primary N) is 1. The SMILES string of the molecule is NNC(Cc1cc(F)cc(F)c1)C1CCC1. The molecule has 1 atom stereocenters. The molecule has 3 N–H and O–H groups in total. The first-order valence-electron chi connectivity index (χ1n) is 5.60. The minimum Gasteiger partial charge on any atom is -0.271 e. The lowest BCUT2D eigenvalue weighted by Gasteiger charge is -2.33. The molecule has 1 saturated carbocycles. The fourth-order valence-electron chi connectivity index (χ4n) is 2.19. The van der Waals surface area contributed by atoms with E-state index in [-0.39, 0.29) is 6.04 Å². The van der Waals surface area contributed by atoms with E-state index in [1.165, 1.54) is 18.6 Å². The monoisotopic (exact) mass is 226 g/mol. The summed E-state index contributed by atoms with van der Waals surface area (Å²) in [5, 5.41) is 0. The summed E-state index contributed by atoms with van der Waals surface area (Å²) in [5.41, 5.74) is 3.41. The first kappa shape index (κ1) is 11.5. The van der Waals surface area contributed by atoms with E-state index in [1.807, 2.05) is 0 Å². The Kier molecular flexibility index (Phi) is 3.51. The maximum absolute atomic E-state index is 13.0. The molecule has 0 amide bonds. The van der Waals surface area contributed by atoms with Gasteiger partial charge in [0.05, 0.1) is 0 Å². The van der Waals surface area contributed by atoms with E-state index in [4.69, 9.17) is 5.84 Å². The van der Waals surface area contributed by atoms with Crippen molar-refractivity contribution in [2.75, 3.05) is 0 Å². The molecule has 0 aliphatic heterocycles. The number of hydrogen-bond acceptors (Lipinski definition) is 2. The minimum atomic E-state index is -0.528. The molecular formula is C12H16F2N2. The van der Waals surface area contributed by atoms with Crippen molar-refractivity contribution in [2.24, 2.45) is 11.8 Å². The van der Waals surface area contributed by atoms with Gasteiger partial charge in [-0.2, -0.15) is 0 Å². The molecule has 2 nitrogen and oxygen atoms in total. The van der Waals surface area contributed by atoms with Gasteiger partial charge in [-0.3, -0.25) is 11.3 Å². The lowest BCUT2D eigenvalue weighted by Crippen LogP contribution is -2.44. The highest BCUT2D eigenvalue weighted by atomic mass is 19.1. The molecule has 0 saturated heterocycles. The minimum absolute atomic E-state index is 0.120. The van der Waals surface area contributed by atoms with Gasteiger partial charge in [-0.1, -0.05) is 6.42 Å². The van der Waals surface area contributed by atoms with Crippen LogP contribution in [0.25, 0.3) is 0 Å². The van der Waals surface area contributed by atoms with Gasteiger partial charge < -0.3 is 0 Å². The highest BCUT2D eigenvalue weighted by molar-refractivity contribution is 5.19. The van der Waals surface area contributed by atoms with Crippen LogP contribution in [0.1, 0.15) is 24.8 Å². The van der Waals surface area contributed by atoms with E-state index >= 15 is 0 Å². The van der Waals surface area contributed by atoms with Crippen LogP contribution >= 0.6 is 0 Å². The standard InChI is InChI=1S/C12H16F2N2/c13-10-4-8(5-11(14)7-10)6-12(16-15)9-2-1-3-9/h4-5,7,9,12,16H,1-3,6,15H2. The average Bonchev–Trinajstić information content (AvgIpc) is 2.12. The summed E-state index contributed by atoms with van der Waals surface area (Å²) >= 11 is 0. The van der Waals surface area contributed by atoms with E-state index < -0.39 is 11.6 Å². The Labute approximate surface area is 93.8 Å². The van der Waals surface area contributed by atoms with Crippen LogP contribution in [0.15, 0.2) is 18.2 Å². The summed E-state index contributed by atoms with van der Waals surface area (Å²) in [6.45, 7) is 0. The quantitative estimate of drug-likeness (QED) is 0.609. The van der Waals surface area contributed by atoms with Gasteiger partial charge in [-0.25, -0.2) is 8.78 Å². The van der Waals surface area contributed by atoms with Crippen LogP contribution in [0.2, 0.25) is 0 Å².